The number of para-hydroxylation sites is 1. The number of benzene rings is 2. The van der Waals surface area contributed by atoms with Crippen LogP contribution in [0.1, 0.15) is 18.5 Å². The van der Waals surface area contributed by atoms with E-state index in [0.717, 1.165) is 39.3 Å². The van der Waals surface area contributed by atoms with E-state index in [1.165, 1.54) is 0 Å². The molecule has 4 aromatic rings. The average molecular weight is 370 g/mol. The first-order valence-electron chi connectivity index (χ1n) is 9.11. The van der Waals surface area contributed by atoms with Crippen LogP contribution in [0.4, 0.5) is 5.82 Å². The van der Waals surface area contributed by atoms with E-state index in [2.05, 4.69) is 17.2 Å². The van der Waals surface area contributed by atoms with Crippen molar-refractivity contribution in [2.24, 2.45) is 0 Å². The molecule has 0 radical (unpaired) electrons. The van der Waals surface area contributed by atoms with Crippen LogP contribution in [0.3, 0.4) is 0 Å². The number of hydrogen-bond donors (Lipinski definition) is 1. The largest absolute Gasteiger partial charge is 0.454 e. The molecule has 2 aromatic carbocycles. The fraction of sp³-hybridized carbons (Fsp3) is 0.136. The van der Waals surface area contributed by atoms with Crippen LogP contribution < -0.4 is 14.8 Å². The number of hydrogen-bond acceptors (Lipinski definition) is 6. The van der Waals surface area contributed by atoms with Gasteiger partial charge in [0.25, 0.3) is 0 Å². The minimum Gasteiger partial charge on any atom is -0.454 e. The molecular weight excluding hydrogens is 352 g/mol. The summed E-state index contributed by atoms with van der Waals surface area (Å²) in [6.07, 6.45) is 3.49. The van der Waals surface area contributed by atoms with Crippen molar-refractivity contribution < 1.29 is 9.47 Å². The van der Waals surface area contributed by atoms with E-state index < -0.39 is 0 Å². The molecule has 1 unspecified atom stereocenters. The molecule has 1 atom stereocenters. The summed E-state index contributed by atoms with van der Waals surface area (Å²) in [6, 6.07) is 17.8. The molecule has 6 nitrogen and oxygen atoms in total. The minimum absolute atomic E-state index is 0.0260. The minimum atomic E-state index is 0.0260. The SMILES string of the molecule is CC(Nc1nc(-c2ccncc2)nc2ccccc12)c1ccc2c(c1)OCO2. The van der Waals surface area contributed by atoms with Crippen LogP contribution in [0.2, 0.25) is 0 Å². The molecule has 2 aromatic heterocycles. The van der Waals surface area contributed by atoms with Gasteiger partial charge in [0, 0.05) is 23.3 Å². The second-order valence-electron chi connectivity index (χ2n) is 6.63. The number of anilines is 1. The van der Waals surface area contributed by atoms with E-state index in [4.69, 9.17) is 19.4 Å². The zero-order valence-corrected chi connectivity index (χ0v) is 15.3. The fourth-order valence-electron chi connectivity index (χ4n) is 3.29. The van der Waals surface area contributed by atoms with Crippen molar-refractivity contribution in [2.75, 3.05) is 12.1 Å². The Kier molecular flexibility index (Phi) is 4.01. The van der Waals surface area contributed by atoms with Crippen LogP contribution in [-0.2, 0) is 0 Å². The van der Waals surface area contributed by atoms with E-state index in [-0.39, 0.29) is 12.8 Å². The third kappa shape index (κ3) is 2.99. The van der Waals surface area contributed by atoms with Gasteiger partial charge in [-0.05, 0) is 48.9 Å². The quantitative estimate of drug-likeness (QED) is 0.566. The maximum Gasteiger partial charge on any atom is 0.231 e. The summed E-state index contributed by atoms with van der Waals surface area (Å²) >= 11 is 0. The lowest BCUT2D eigenvalue weighted by Gasteiger charge is -2.17. The molecule has 0 bridgehead atoms. The van der Waals surface area contributed by atoms with E-state index in [1.54, 1.807) is 12.4 Å². The van der Waals surface area contributed by atoms with Gasteiger partial charge in [0.15, 0.2) is 17.3 Å². The van der Waals surface area contributed by atoms with Crippen LogP contribution >= 0.6 is 0 Å². The summed E-state index contributed by atoms with van der Waals surface area (Å²) in [5, 5.41) is 4.52. The van der Waals surface area contributed by atoms with Gasteiger partial charge in [-0.15, -0.1) is 0 Å². The van der Waals surface area contributed by atoms with Gasteiger partial charge in [-0.25, -0.2) is 9.97 Å². The molecule has 1 aliphatic rings. The van der Waals surface area contributed by atoms with Crippen molar-refractivity contribution in [1.29, 1.82) is 0 Å². The van der Waals surface area contributed by atoms with Crippen LogP contribution in [-0.4, -0.2) is 21.7 Å². The van der Waals surface area contributed by atoms with Crippen LogP contribution in [0, 0.1) is 0 Å². The maximum absolute atomic E-state index is 5.51. The number of aromatic nitrogens is 3. The van der Waals surface area contributed by atoms with Crippen molar-refractivity contribution >= 4 is 16.7 Å². The summed E-state index contributed by atoms with van der Waals surface area (Å²) < 4.78 is 10.9. The highest BCUT2D eigenvalue weighted by Crippen LogP contribution is 2.35. The van der Waals surface area contributed by atoms with E-state index in [1.807, 2.05) is 54.6 Å². The molecule has 0 amide bonds. The van der Waals surface area contributed by atoms with Gasteiger partial charge in [-0.1, -0.05) is 18.2 Å². The Morgan fingerprint density at radius 3 is 2.64 bits per heavy atom. The first-order valence-corrected chi connectivity index (χ1v) is 9.11. The number of fused-ring (bicyclic) bond motifs is 2. The molecule has 1 N–H and O–H groups in total. The normalized spacial score (nSPS) is 13.5. The highest BCUT2D eigenvalue weighted by molar-refractivity contribution is 5.90. The Balaban J connectivity index is 1.54. The van der Waals surface area contributed by atoms with Gasteiger partial charge >= 0.3 is 0 Å². The predicted molar refractivity (Wildman–Crippen MR) is 107 cm³/mol. The zero-order chi connectivity index (χ0) is 18.9. The Labute approximate surface area is 162 Å². The molecule has 3 heterocycles. The van der Waals surface area contributed by atoms with Crippen LogP contribution in [0.15, 0.2) is 67.0 Å². The molecule has 0 fully saturated rings. The molecule has 6 heteroatoms. The molecule has 0 saturated heterocycles. The van der Waals surface area contributed by atoms with Crippen LogP contribution in [0.5, 0.6) is 11.5 Å². The predicted octanol–water partition coefficient (Wildman–Crippen LogP) is 4.59. The van der Waals surface area contributed by atoms with Gasteiger partial charge < -0.3 is 14.8 Å². The van der Waals surface area contributed by atoms with Gasteiger partial charge in [0.1, 0.15) is 5.82 Å². The number of rotatable bonds is 4. The average Bonchev–Trinajstić information content (AvgIpc) is 3.22. The fourth-order valence-corrected chi connectivity index (χ4v) is 3.29. The molecule has 0 aliphatic carbocycles. The molecule has 28 heavy (non-hydrogen) atoms. The highest BCUT2D eigenvalue weighted by atomic mass is 16.7. The topological polar surface area (TPSA) is 69.2 Å². The number of pyridine rings is 1. The molecule has 0 spiro atoms. The Morgan fingerprint density at radius 2 is 1.75 bits per heavy atom. The lowest BCUT2D eigenvalue weighted by atomic mass is 10.1. The van der Waals surface area contributed by atoms with Gasteiger partial charge in [0.05, 0.1) is 11.6 Å². The Bertz CT molecular complexity index is 1150. The second kappa shape index (κ2) is 6.81. The van der Waals surface area contributed by atoms with Gasteiger partial charge in [0.2, 0.25) is 6.79 Å². The van der Waals surface area contributed by atoms with Gasteiger partial charge in [-0.3, -0.25) is 4.98 Å². The van der Waals surface area contributed by atoms with E-state index in [0.29, 0.717) is 5.82 Å². The molecular formula is C22H18N4O2. The summed E-state index contributed by atoms with van der Waals surface area (Å²) in [4.78, 5) is 13.6. The third-order valence-corrected chi connectivity index (χ3v) is 4.79. The van der Waals surface area contributed by atoms with Crippen molar-refractivity contribution in [3.8, 4) is 22.9 Å². The smallest absolute Gasteiger partial charge is 0.231 e. The monoisotopic (exact) mass is 370 g/mol. The standard InChI is InChI=1S/C22H18N4O2/c1-14(16-6-7-19-20(12-16)28-13-27-19)24-22-17-4-2-3-5-18(17)25-21(26-22)15-8-10-23-11-9-15/h2-12,14H,13H2,1H3,(H,24,25,26). The first kappa shape index (κ1) is 16.5. The third-order valence-electron chi connectivity index (χ3n) is 4.79. The molecule has 1 aliphatic heterocycles. The van der Waals surface area contributed by atoms with Crippen molar-refractivity contribution in [3.63, 3.8) is 0 Å². The van der Waals surface area contributed by atoms with E-state index >= 15 is 0 Å². The summed E-state index contributed by atoms with van der Waals surface area (Å²) in [6.45, 7) is 2.37. The van der Waals surface area contributed by atoms with Crippen molar-refractivity contribution in [3.05, 3.63) is 72.6 Å². The summed E-state index contributed by atoms with van der Waals surface area (Å²) in [5.41, 5.74) is 2.92. The van der Waals surface area contributed by atoms with Crippen LogP contribution in [0.25, 0.3) is 22.3 Å². The lowest BCUT2D eigenvalue weighted by Crippen LogP contribution is -2.09. The Morgan fingerprint density at radius 1 is 0.929 bits per heavy atom. The molecule has 0 saturated carbocycles. The summed E-state index contributed by atoms with van der Waals surface area (Å²) in [7, 11) is 0. The number of ether oxygens (including phenoxy) is 2. The molecule has 5 rings (SSSR count). The first-order chi connectivity index (χ1) is 13.8. The van der Waals surface area contributed by atoms with Crippen molar-refractivity contribution in [1.82, 2.24) is 15.0 Å². The van der Waals surface area contributed by atoms with E-state index in [9.17, 15) is 0 Å². The maximum atomic E-state index is 5.51. The second-order valence-corrected chi connectivity index (χ2v) is 6.63. The van der Waals surface area contributed by atoms with Crippen molar-refractivity contribution in [2.45, 2.75) is 13.0 Å². The zero-order valence-electron chi connectivity index (χ0n) is 15.3. The highest BCUT2D eigenvalue weighted by Gasteiger charge is 2.17. The molecule has 138 valence electrons. The Hall–Kier alpha value is -3.67. The number of nitrogens with one attached hydrogen (secondary N) is 1. The summed E-state index contributed by atoms with van der Waals surface area (Å²) in [5.74, 6) is 3.02. The lowest BCUT2D eigenvalue weighted by molar-refractivity contribution is 0.174. The van der Waals surface area contributed by atoms with Gasteiger partial charge in [-0.2, -0.15) is 0 Å². The number of nitrogens with zero attached hydrogens (tertiary/aromatic N) is 3.